The van der Waals surface area contributed by atoms with Crippen LogP contribution in [0.1, 0.15) is 45.6 Å². The molecule has 0 radical (unpaired) electrons. The first-order valence-electron chi connectivity index (χ1n) is 14.3. The number of rotatable bonds is 11. The lowest BCUT2D eigenvalue weighted by atomic mass is 9.81. The van der Waals surface area contributed by atoms with E-state index < -0.39 is 23.8 Å². The van der Waals surface area contributed by atoms with Gasteiger partial charge in [-0.3, -0.25) is 14.4 Å². The third kappa shape index (κ3) is 7.12. The molecule has 7 nitrogen and oxygen atoms in total. The number of nitrogens with one attached hydrogen (secondary N) is 1. The quantitative estimate of drug-likeness (QED) is 0.322. The summed E-state index contributed by atoms with van der Waals surface area (Å²) in [7, 11) is 0. The SMILES string of the molecule is CCCC(C(N)=O)C(CC(C)C)C(=O)NC1CN(c2ccccc2)c2ccccc2N(Cc2ccc(F)cc2)C1=O. The zero-order chi connectivity index (χ0) is 29.5. The molecule has 0 fully saturated rings. The maximum Gasteiger partial charge on any atom is 0.251 e. The first kappa shape index (κ1) is 29.8. The molecule has 3 atom stereocenters. The van der Waals surface area contributed by atoms with Crippen LogP contribution in [0, 0.1) is 23.6 Å². The fraction of sp³-hybridized carbons (Fsp3) is 0.364. The summed E-state index contributed by atoms with van der Waals surface area (Å²) in [5, 5.41) is 3.03. The second-order valence-electron chi connectivity index (χ2n) is 11.1. The predicted octanol–water partition coefficient (Wildman–Crippen LogP) is 5.56. The lowest BCUT2D eigenvalue weighted by molar-refractivity contribution is -0.136. The minimum Gasteiger partial charge on any atom is -0.369 e. The van der Waals surface area contributed by atoms with Crippen molar-refractivity contribution in [2.45, 2.75) is 52.6 Å². The van der Waals surface area contributed by atoms with Gasteiger partial charge in [-0.1, -0.05) is 69.7 Å². The maximum atomic E-state index is 14.3. The standard InChI is InChI=1S/C33H39FN4O3/c1-4-10-26(31(35)39)27(19-22(2)3)32(40)36-28-21-37(25-11-6-5-7-12-25)29-13-8-9-14-30(29)38(33(28)41)20-23-15-17-24(34)18-16-23/h5-9,11-18,22,26-28H,4,10,19-21H2,1-3H3,(H2,35,39)(H,36,40). The summed E-state index contributed by atoms with van der Waals surface area (Å²) < 4.78 is 13.7. The van der Waals surface area contributed by atoms with Gasteiger partial charge in [-0.25, -0.2) is 4.39 Å². The summed E-state index contributed by atoms with van der Waals surface area (Å²) >= 11 is 0. The average Bonchev–Trinajstić information content (AvgIpc) is 3.07. The molecule has 3 amide bonds. The fourth-order valence-corrected chi connectivity index (χ4v) is 5.58. The molecule has 8 heteroatoms. The van der Waals surface area contributed by atoms with Gasteiger partial charge < -0.3 is 20.9 Å². The van der Waals surface area contributed by atoms with Gasteiger partial charge in [0.25, 0.3) is 5.91 Å². The van der Waals surface area contributed by atoms with E-state index in [-0.39, 0.29) is 36.6 Å². The van der Waals surface area contributed by atoms with E-state index in [0.717, 1.165) is 16.9 Å². The van der Waals surface area contributed by atoms with E-state index in [1.165, 1.54) is 12.1 Å². The third-order valence-corrected chi connectivity index (χ3v) is 7.54. The molecular formula is C33H39FN4O3. The molecule has 216 valence electrons. The monoisotopic (exact) mass is 558 g/mol. The third-order valence-electron chi connectivity index (χ3n) is 7.54. The van der Waals surface area contributed by atoms with Crippen LogP contribution >= 0.6 is 0 Å². The van der Waals surface area contributed by atoms with Gasteiger partial charge in [0, 0.05) is 17.5 Å². The number of fused-ring (bicyclic) bond motifs is 1. The molecule has 0 saturated heterocycles. The van der Waals surface area contributed by atoms with Crippen molar-refractivity contribution in [3.8, 4) is 0 Å². The van der Waals surface area contributed by atoms with E-state index in [2.05, 4.69) is 5.32 Å². The molecule has 0 spiro atoms. The molecule has 3 aromatic rings. The van der Waals surface area contributed by atoms with Crippen molar-refractivity contribution in [2.75, 3.05) is 16.3 Å². The van der Waals surface area contributed by atoms with Crippen LogP contribution in [0.25, 0.3) is 0 Å². The maximum absolute atomic E-state index is 14.3. The van der Waals surface area contributed by atoms with E-state index in [0.29, 0.717) is 24.9 Å². The molecular weight excluding hydrogens is 519 g/mol. The number of primary amides is 1. The van der Waals surface area contributed by atoms with Crippen molar-refractivity contribution in [1.29, 1.82) is 0 Å². The van der Waals surface area contributed by atoms with Gasteiger partial charge >= 0.3 is 0 Å². The first-order valence-corrected chi connectivity index (χ1v) is 14.3. The highest BCUT2D eigenvalue weighted by Crippen LogP contribution is 2.38. The van der Waals surface area contributed by atoms with Crippen molar-refractivity contribution in [3.05, 3.63) is 90.2 Å². The second-order valence-corrected chi connectivity index (χ2v) is 11.1. The minimum atomic E-state index is -0.916. The number of amides is 3. The molecule has 1 heterocycles. The number of carbonyl (C=O) groups excluding carboxylic acids is 3. The highest BCUT2D eigenvalue weighted by Gasteiger charge is 2.39. The summed E-state index contributed by atoms with van der Waals surface area (Å²) in [6.07, 6.45) is 1.68. The summed E-state index contributed by atoms with van der Waals surface area (Å²) in [5.41, 5.74) is 8.88. The van der Waals surface area contributed by atoms with Gasteiger partial charge in [-0.15, -0.1) is 0 Å². The first-order chi connectivity index (χ1) is 19.7. The minimum absolute atomic E-state index is 0.148. The molecule has 0 aromatic heterocycles. The Morgan fingerprint density at radius 2 is 1.59 bits per heavy atom. The van der Waals surface area contributed by atoms with Crippen LogP contribution in [-0.2, 0) is 20.9 Å². The van der Waals surface area contributed by atoms with Crippen LogP contribution in [0.15, 0.2) is 78.9 Å². The highest BCUT2D eigenvalue weighted by atomic mass is 19.1. The number of hydrogen-bond acceptors (Lipinski definition) is 4. The Morgan fingerprint density at radius 3 is 2.20 bits per heavy atom. The van der Waals surface area contributed by atoms with Crippen molar-refractivity contribution in [3.63, 3.8) is 0 Å². The van der Waals surface area contributed by atoms with Crippen LogP contribution in [0.4, 0.5) is 21.5 Å². The molecule has 3 N–H and O–H groups in total. The second kappa shape index (κ2) is 13.4. The van der Waals surface area contributed by atoms with Crippen LogP contribution in [-0.4, -0.2) is 30.3 Å². The van der Waals surface area contributed by atoms with Crippen molar-refractivity contribution < 1.29 is 18.8 Å². The van der Waals surface area contributed by atoms with Gasteiger partial charge in [0.2, 0.25) is 11.8 Å². The number of carbonyl (C=O) groups is 3. The predicted molar refractivity (Wildman–Crippen MR) is 160 cm³/mol. The molecule has 4 rings (SSSR count). The van der Waals surface area contributed by atoms with Gasteiger partial charge in [0.15, 0.2) is 0 Å². The molecule has 41 heavy (non-hydrogen) atoms. The molecule has 1 aliphatic heterocycles. The van der Waals surface area contributed by atoms with E-state index in [4.69, 9.17) is 5.73 Å². The number of anilines is 3. The van der Waals surface area contributed by atoms with Crippen LogP contribution < -0.4 is 20.9 Å². The summed E-state index contributed by atoms with van der Waals surface area (Å²) in [4.78, 5) is 44.3. The lowest BCUT2D eigenvalue weighted by Gasteiger charge is -2.30. The Kier molecular flexibility index (Phi) is 9.76. The van der Waals surface area contributed by atoms with E-state index in [1.807, 2.05) is 80.3 Å². The molecule has 0 aliphatic carbocycles. The van der Waals surface area contributed by atoms with Gasteiger partial charge in [-0.05, 0) is 60.7 Å². The highest BCUT2D eigenvalue weighted by molar-refractivity contribution is 6.04. The zero-order valence-electron chi connectivity index (χ0n) is 23.9. The van der Waals surface area contributed by atoms with E-state index in [9.17, 15) is 18.8 Å². The van der Waals surface area contributed by atoms with Gasteiger partial charge in [-0.2, -0.15) is 0 Å². The average molecular weight is 559 g/mol. The smallest absolute Gasteiger partial charge is 0.251 e. The Bertz CT molecular complexity index is 1350. The van der Waals surface area contributed by atoms with Gasteiger partial charge in [0.05, 0.1) is 24.5 Å². The topological polar surface area (TPSA) is 95.7 Å². The summed E-state index contributed by atoms with van der Waals surface area (Å²) in [6.45, 7) is 6.34. The summed E-state index contributed by atoms with van der Waals surface area (Å²) in [6, 6.07) is 22.4. The van der Waals surface area contributed by atoms with E-state index >= 15 is 0 Å². The molecule has 0 bridgehead atoms. The Labute approximate surface area is 241 Å². The number of nitrogens with two attached hydrogens (primary N) is 1. The molecule has 1 aliphatic rings. The van der Waals surface area contributed by atoms with E-state index in [1.54, 1.807) is 17.0 Å². The van der Waals surface area contributed by atoms with Crippen LogP contribution in [0.3, 0.4) is 0 Å². The normalized spacial score (nSPS) is 16.6. The number of nitrogens with zero attached hydrogens (tertiary/aromatic N) is 2. The number of hydrogen-bond donors (Lipinski definition) is 2. The zero-order valence-corrected chi connectivity index (χ0v) is 23.9. The largest absolute Gasteiger partial charge is 0.369 e. The Hall–Kier alpha value is -4.20. The molecule has 3 aromatic carbocycles. The van der Waals surface area contributed by atoms with Crippen molar-refractivity contribution in [1.82, 2.24) is 5.32 Å². The Balaban J connectivity index is 1.76. The molecule has 3 unspecified atom stereocenters. The summed E-state index contributed by atoms with van der Waals surface area (Å²) in [5.74, 6) is -2.63. The lowest BCUT2D eigenvalue weighted by Crippen LogP contribution is -2.54. The Morgan fingerprint density at radius 1 is 0.951 bits per heavy atom. The van der Waals surface area contributed by atoms with Crippen LogP contribution in [0.2, 0.25) is 0 Å². The van der Waals surface area contributed by atoms with Gasteiger partial charge in [0.1, 0.15) is 11.9 Å². The van der Waals surface area contributed by atoms with Crippen molar-refractivity contribution >= 4 is 34.8 Å². The molecule has 0 saturated carbocycles. The number of para-hydroxylation sites is 3. The fourth-order valence-electron chi connectivity index (χ4n) is 5.58. The van der Waals surface area contributed by atoms with Crippen LogP contribution in [0.5, 0.6) is 0 Å². The number of benzene rings is 3. The number of halogens is 1. The van der Waals surface area contributed by atoms with Crippen molar-refractivity contribution in [2.24, 2.45) is 23.5 Å².